The van der Waals surface area contributed by atoms with Gasteiger partial charge < -0.3 is 4.90 Å². The van der Waals surface area contributed by atoms with Crippen LogP contribution in [-0.2, 0) is 24.3 Å². The number of benzene rings is 1. The topological polar surface area (TPSA) is 64.3 Å². The van der Waals surface area contributed by atoms with Gasteiger partial charge in [0.2, 0.25) is 5.91 Å². The highest BCUT2D eigenvalue weighted by Crippen LogP contribution is 2.18. The summed E-state index contributed by atoms with van der Waals surface area (Å²) in [6.07, 6.45) is 2.71. The molecule has 0 radical (unpaired) electrons. The Kier molecular flexibility index (Phi) is 5.67. The molecule has 0 N–H and O–H groups in total. The van der Waals surface area contributed by atoms with Crippen molar-refractivity contribution in [2.75, 3.05) is 13.1 Å². The van der Waals surface area contributed by atoms with Crippen LogP contribution in [0.1, 0.15) is 25.3 Å². The minimum Gasteiger partial charge on any atom is -0.341 e. The summed E-state index contributed by atoms with van der Waals surface area (Å²) in [6.45, 7) is 3.88. The molecule has 152 valence electrons. The number of likely N-dealkylation sites (tertiary alicyclic amines) is 1. The monoisotopic (exact) mass is 411 g/mol. The zero-order valence-electron chi connectivity index (χ0n) is 16.5. The highest BCUT2D eigenvalue weighted by Gasteiger charge is 2.23. The van der Waals surface area contributed by atoms with Gasteiger partial charge in [-0.15, -0.1) is 11.3 Å². The number of rotatable bonds is 5. The number of aromatic nitrogens is 2. The number of nitrogens with zero attached hydrogens (tertiary/aromatic N) is 3. The molecule has 3 aromatic rings. The van der Waals surface area contributed by atoms with E-state index in [0.29, 0.717) is 29.1 Å². The van der Waals surface area contributed by atoms with Gasteiger partial charge in [0, 0.05) is 19.6 Å². The van der Waals surface area contributed by atoms with Crippen LogP contribution in [0.4, 0.5) is 0 Å². The van der Waals surface area contributed by atoms with E-state index >= 15 is 0 Å². The Morgan fingerprint density at radius 1 is 1.14 bits per heavy atom. The second-order valence-electron chi connectivity index (χ2n) is 7.78. The summed E-state index contributed by atoms with van der Waals surface area (Å²) in [6, 6.07) is 11.5. The lowest BCUT2D eigenvalue weighted by molar-refractivity contribution is -0.133. The fraction of sp³-hybridized carbons (Fsp3) is 0.409. The van der Waals surface area contributed by atoms with Gasteiger partial charge in [-0.25, -0.2) is 4.79 Å². The highest BCUT2D eigenvalue weighted by molar-refractivity contribution is 7.17. The molecule has 6 nitrogen and oxygen atoms in total. The van der Waals surface area contributed by atoms with Crippen molar-refractivity contribution in [2.45, 2.75) is 39.3 Å². The third-order valence-corrected chi connectivity index (χ3v) is 6.50. The van der Waals surface area contributed by atoms with Crippen LogP contribution in [0.15, 0.2) is 51.4 Å². The Morgan fingerprint density at radius 3 is 2.69 bits per heavy atom. The summed E-state index contributed by atoms with van der Waals surface area (Å²) in [7, 11) is 0. The third kappa shape index (κ3) is 4.05. The van der Waals surface area contributed by atoms with Gasteiger partial charge in [0.25, 0.3) is 5.56 Å². The van der Waals surface area contributed by atoms with Crippen LogP contribution in [0.3, 0.4) is 0 Å². The molecule has 0 bridgehead atoms. The number of amides is 1. The molecule has 0 aliphatic carbocycles. The Morgan fingerprint density at radius 2 is 1.93 bits per heavy atom. The average molecular weight is 412 g/mol. The first-order valence-electron chi connectivity index (χ1n) is 10.1. The van der Waals surface area contributed by atoms with E-state index in [-0.39, 0.29) is 18.0 Å². The molecule has 0 unspecified atom stereocenters. The van der Waals surface area contributed by atoms with Gasteiger partial charge >= 0.3 is 5.69 Å². The van der Waals surface area contributed by atoms with E-state index < -0.39 is 5.69 Å². The van der Waals surface area contributed by atoms with Crippen LogP contribution in [-0.4, -0.2) is 33.0 Å². The van der Waals surface area contributed by atoms with Crippen molar-refractivity contribution in [3.05, 3.63) is 68.2 Å². The van der Waals surface area contributed by atoms with Gasteiger partial charge in [-0.05, 0) is 42.2 Å². The van der Waals surface area contributed by atoms with Crippen molar-refractivity contribution in [1.82, 2.24) is 14.0 Å². The molecular weight excluding hydrogens is 386 g/mol. The predicted molar refractivity (Wildman–Crippen MR) is 115 cm³/mol. The second kappa shape index (κ2) is 8.37. The van der Waals surface area contributed by atoms with Gasteiger partial charge in [-0.1, -0.05) is 37.3 Å². The van der Waals surface area contributed by atoms with Crippen molar-refractivity contribution in [2.24, 2.45) is 5.92 Å². The number of fused-ring (bicyclic) bond motifs is 1. The lowest BCUT2D eigenvalue weighted by Crippen LogP contribution is -2.45. The van der Waals surface area contributed by atoms with Crippen molar-refractivity contribution in [3.8, 4) is 0 Å². The molecule has 0 spiro atoms. The van der Waals surface area contributed by atoms with Crippen LogP contribution in [0.25, 0.3) is 10.2 Å². The maximum absolute atomic E-state index is 13.2. The molecule has 29 heavy (non-hydrogen) atoms. The van der Waals surface area contributed by atoms with Crippen molar-refractivity contribution >= 4 is 27.5 Å². The molecule has 7 heteroatoms. The minimum absolute atomic E-state index is 0.0234. The van der Waals surface area contributed by atoms with Gasteiger partial charge in [0.1, 0.15) is 11.2 Å². The van der Waals surface area contributed by atoms with Crippen LogP contribution in [0, 0.1) is 5.92 Å². The maximum atomic E-state index is 13.2. The van der Waals surface area contributed by atoms with Gasteiger partial charge in [-0.3, -0.25) is 18.7 Å². The maximum Gasteiger partial charge on any atom is 0.332 e. The summed E-state index contributed by atoms with van der Waals surface area (Å²) in [4.78, 5) is 40.8. The number of hydrogen-bond acceptors (Lipinski definition) is 4. The van der Waals surface area contributed by atoms with E-state index in [4.69, 9.17) is 0 Å². The lowest BCUT2D eigenvalue weighted by Gasteiger charge is -2.31. The molecule has 1 amide bonds. The average Bonchev–Trinajstić information content (AvgIpc) is 3.22. The van der Waals surface area contributed by atoms with Crippen LogP contribution < -0.4 is 11.2 Å². The largest absolute Gasteiger partial charge is 0.341 e. The molecule has 0 saturated carbocycles. The van der Waals surface area contributed by atoms with E-state index in [0.717, 1.165) is 31.5 Å². The van der Waals surface area contributed by atoms with Crippen LogP contribution in [0.5, 0.6) is 0 Å². The van der Waals surface area contributed by atoms with Crippen LogP contribution >= 0.6 is 11.3 Å². The van der Waals surface area contributed by atoms with Gasteiger partial charge in [0.15, 0.2) is 0 Å². The Hall–Kier alpha value is -2.67. The number of hydrogen-bond donors (Lipinski definition) is 0. The summed E-state index contributed by atoms with van der Waals surface area (Å²) < 4.78 is 3.27. The van der Waals surface area contributed by atoms with E-state index in [1.807, 2.05) is 35.2 Å². The summed E-state index contributed by atoms with van der Waals surface area (Å²) in [5.41, 5.74) is 0.941. The first-order valence-corrected chi connectivity index (χ1v) is 10.9. The Balaban J connectivity index is 1.66. The number of thiophene rings is 1. The molecule has 1 aliphatic rings. The predicted octanol–water partition coefficient (Wildman–Crippen LogP) is 2.73. The standard InChI is InChI=1S/C22H25N3O3S/c1-16-6-5-11-23(14-16)19(26)15-25-18-10-13-29-20(18)21(27)24(22(25)28)12-9-17-7-3-2-4-8-17/h2-4,7-8,10,13,16H,5-6,9,11-12,14-15H2,1H3/t16-/m0/s1. The van der Waals surface area contributed by atoms with E-state index in [9.17, 15) is 14.4 Å². The lowest BCUT2D eigenvalue weighted by atomic mass is 10.0. The van der Waals surface area contributed by atoms with Crippen molar-refractivity contribution in [1.29, 1.82) is 0 Å². The van der Waals surface area contributed by atoms with E-state index in [1.165, 1.54) is 20.5 Å². The van der Waals surface area contributed by atoms with Gasteiger partial charge in [-0.2, -0.15) is 0 Å². The summed E-state index contributed by atoms with van der Waals surface area (Å²) in [5.74, 6) is 0.421. The summed E-state index contributed by atoms with van der Waals surface area (Å²) in [5, 5.41) is 1.80. The Bertz CT molecular complexity index is 1130. The smallest absolute Gasteiger partial charge is 0.332 e. The quantitative estimate of drug-likeness (QED) is 0.649. The molecule has 1 fully saturated rings. The fourth-order valence-electron chi connectivity index (χ4n) is 4.02. The number of piperidine rings is 1. The molecule has 1 saturated heterocycles. The van der Waals surface area contributed by atoms with E-state index in [2.05, 4.69) is 6.92 Å². The molecule has 1 aliphatic heterocycles. The first-order chi connectivity index (χ1) is 14.0. The molecule has 1 atom stereocenters. The molecule has 3 heterocycles. The third-order valence-electron chi connectivity index (χ3n) is 5.61. The van der Waals surface area contributed by atoms with Gasteiger partial charge in [0.05, 0.1) is 5.52 Å². The highest BCUT2D eigenvalue weighted by atomic mass is 32.1. The Labute approximate surface area is 173 Å². The summed E-state index contributed by atoms with van der Waals surface area (Å²) >= 11 is 1.32. The molecule has 2 aromatic heterocycles. The number of carbonyl (C=O) groups excluding carboxylic acids is 1. The minimum atomic E-state index is -0.407. The van der Waals surface area contributed by atoms with Crippen LogP contribution in [0.2, 0.25) is 0 Å². The molecule has 1 aromatic carbocycles. The molecular formula is C22H25N3O3S. The fourth-order valence-corrected chi connectivity index (χ4v) is 4.86. The van der Waals surface area contributed by atoms with Crippen molar-refractivity contribution in [3.63, 3.8) is 0 Å². The first kappa shape index (κ1) is 19.6. The van der Waals surface area contributed by atoms with Crippen molar-refractivity contribution < 1.29 is 4.79 Å². The molecule has 4 rings (SSSR count). The number of carbonyl (C=O) groups is 1. The second-order valence-corrected chi connectivity index (χ2v) is 8.70. The van der Waals surface area contributed by atoms with E-state index in [1.54, 1.807) is 11.4 Å². The zero-order chi connectivity index (χ0) is 20.4. The SMILES string of the molecule is C[C@H]1CCCN(C(=O)Cn2c(=O)n(CCc3ccccc3)c(=O)c3sccc32)C1. The zero-order valence-corrected chi connectivity index (χ0v) is 17.4. The number of aryl methyl sites for hydroxylation is 1. The normalized spacial score (nSPS) is 17.0.